The number of hydrogen-bond donors (Lipinski definition) is 2. The van der Waals surface area contributed by atoms with Crippen LogP contribution in [0.15, 0.2) is 5.16 Å². The van der Waals surface area contributed by atoms with Crippen LogP contribution in [0.2, 0.25) is 0 Å². The smallest absolute Gasteiger partial charge is 0.156 e. The molecular weight excluding hydrogens is 252 g/mol. The molecule has 0 bridgehead atoms. The maximum atomic E-state index is 8.77. The van der Waals surface area contributed by atoms with Crippen LogP contribution >= 0.6 is 0 Å². The summed E-state index contributed by atoms with van der Waals surface area (Å²) in [5.74, 6) is 1.25. The number of amidine groups is 1. The lowest BCUT2D eigenvalue weighted by Crippen LogP contribution is -2.55. The third kappa shape index (κ3) is 3.64. The Morgan fingerprint density at radius 2 is 2.00 bits per heavy atom. The predicted octanol–water partition coefficient (Wildman–Crippen LogP) is 1.71. The Morgan fingerprint density at radius 3 is 2.60 bits per heavy atom. The van der Waals surface area contributed by atoms with Gasteiger partial charge in [0.2, 0.25) is 0 Å². The fraction of sp³-hybridized carbons (Fsp3) is 0.933. The molecule has 5 nitrogen and oxygen atoms in total. The second kappa shape index (κ2) is 7.27. The zero-order valence-corrected chi connectivity index (χ0v) is 13.0. The van der Waals surface area contributed by atoms with Crippen molar-refractivity contribution in [2.45, 2.75) is 58.0 Å². The lowest BCUT2D eigenvalue weighted by atomic mass is 9.83. The van der Waals surface area contributed by atoms with Crippen LogP contribution in [0.4, 0.5) is 0 Å². The van der Waals surface area contributed by atoms with E-state index in [1.165, 1.54) is 32.1 Å². The fourth-order valence-corrected chi connectivity index (χ4v) is 3.73. The van der Waals surface area contributed by atoms with E-state index in [9.17, 15) is 0 Å². The molecule has 1 saturated carbocycles. The predicted molar refractivity (Wildman–Crippen MR) is 82.1 cm³/mol. The van der Waals surface area contributed by atoms with Crippen molar-refractivity contribution in [3.63, 3.8) is 0 Å². The SMILES string of the molecule is CCC1CCCC(N2CCN(C(C)C(N)=NO)CC2)C1. The molecule has 1 saturated heterocycles. The summed E-state index contributed by atoms with van der Waals surface area (Å²) in [5, 5.41) is 11.9. The molecule has 0 radical (unpaired) electrons. The van der Waals surface area contributed by atoms with Gasteiger partial charge in [-0.05, 0) is 25.7 Å². The lowest BCUT2D eigenvalue weighted by molar-refractivity contribution is 0.0604. The van der Waals surface area contributed by atoms with Crippen molar-refractivity contribution >= 4 is 5.84 Å². The van der Waals surface area contributed by atoms with Gasteiger partial charge in [-0.2, -0.15) is 0 Å². The van der Waals surface area contributed by atoms with Crippen LogP contribution in [0, 0.1) is 5.92 Å². The Kier molecular flexibility index (Phi) is 5.66. The number of nitrogens with zero attached hydrogens (tertiary/aromatic N) is 3. The first-order valence-electron chi connectivity index (χ1n) is 8.11. The first-order chi connectivity index (χ1) is 9.65. The molecule has 1 heterocycles. The van der Waals surface area contributed by atoms with Crippen LogP contribution in [-0.4, -0.2) is 59.1 Å². The Bertz CT molecular complexity index is 326. The van der Waals surface area contributed by atoms with E-state index in [1.807, 2.05) is 6.92 Å². The monoisotopic (exact) mass is 282 g/mol. The summed E-state index contributed by atoms with van der Waals surface area (Å²) in [6.07, 6.45) is 6.90. The van der Waals surface area contributed by atoms with Crippen molar-refractivity contribution in [2.75, 3.05) is 26.2 Å². The highest BCUT2D eigenvalue weighted by Crippen LogP contribution is 2.30. The van der Waals surface area contributed by atoms with Gasteiger partial charge in [0.05, 0.1) is 6.04 Å². The molecule has 1 aliphatic carbocycles. The van der Waals surface area contributed by atoms with Crippen molar-refractivity contribution in [1.29, 1.82) is 0 Å². The minimum atomic E-state index is 0.0388. The zero-order chi connectivity index (χ0) is 14.5. The lowest BCUT2D eigenvalue weighted by Gasteiger charge is -2.43. The van der Waals surface area contributed by atoms with Crippen LogP contribution in [-0.2, 0) is 0 Å². The highest BCUT2D eigenvalue weighted by Gasteiger charge is 2.30. The van der Waals surface area contributed by atoms with Gasteiger partial charge in [-0.15, -0.1) is 0 Å². The summed E-state index contributed by atoms with van der Waals surface area (Å²) in [7, 11) is 0. The number of piperazine rings is 1. The Balaban J connectivity index is 1.82. The van der Waals surface area contributed by atoms with Crippen LogP contribution < -0.4 is 5.73 Å². The summed E-state index contributed by atoms with van der Waals surface area (Å²) in [6, 6.07) is 0.826. The standard InChI is InChI=1S/C15H30N4O/c1-3-13-5-4-6-14(11-13)19-9-7-18(8-10-19)12(2)15(16)17-20/h12-14,20H,3-11H2,1-2H3,(H2,16,17). The normalized spacial score (nSPS) is 32.2. The molecule has 2 rings (SSSR count). The van der Waals surface area contributed by atoms with Crippen LogP contribution in [0.5, 0.6) is 0 Å². The zero-order valence-electron chi connectivity index (χ0n) is 13.0. The quantitative estimate of drug-likeness (QED) is 0.356. The maximum Gasteiger partial charge on any atom is 0.156 e. The van der Waals surface area contributed by atoms with Crippen molar-refractivity contribution in [2.24, 2.45) is 16.8 Å². The molecule has 0 spiro atoms. The third-order valence-corrected chi connectivity index (χ3v) is 5.29. The first-order valence-corrected chi connectivity index (χ1v) is 8.11. The van der Waals surface area contributed by atoms with E-state index >= 15 is 0 Å². The van der Waals surface area contributed by atoms with E-state index < -0.39 is 0 Å². The summed E-state index contributed by atoms with van der Waals surface area (Å²) < 4.78 is 0. The molecule has 2 fully saturated rings. The van der Waals surface area contributed by atoms with Crippen molar-refractivity contribution in [1.82, 2.24) is 9.80 Å². The fourth-order valence-electron chi connectivity index (χ4n) is 3.73. The molecule has 116 valence electrons. The molecule has 2 aliphatic rings. The molecule has 0 aromatic heterocycles. The third-order valence-electron chi connectivity index (χ3n) is 5.29. The number of rotatable bonds is 4. The summed E-state index contributed by atoms with van der Waals surface area (Å²) in [5.41, 5.74) is 5.71. The number of hydrogen-bond acceptors (Lipinski definition) is 4. The molecule has 0 aromatic rings. The molecule has 0 amide bonds. The van der Waals surface area contributed by atoms with Gasteiger partial charge in [0.1, 0.15) is 0 Å². The largest absolute Gasteiger partial charge is 0.409 e. The van der Waals surface area contributed by atoms with Gasteiger partial charge >= 0.3 is 0 Å². The van der Waals surface area contributed by atoms with Gasteiger partial charge in [-0.3, -0.25) is 9.80 Å². The average Bonchev–Trinajstić information content (AvgIpc) is 2.53. The maximum absolute atomic E-state index is 8.77. The summed E-state index contributed by atoms with van der Waals surface area (Å²) >= 11 is 0. The second-order valence-electron chi connectivity index (χ2n) is 6.37. The van der Waals surface area contributed by atoms with E-state index in [1.54, 1.807) is 0 Å². The minimum absolute atomic E-state index is 0.0388. The molecule has 5 heteroatoms. The molecular formula is C15H30N4O. The van der Waals surface area contributed by atoms with Gasteiger partial charge in [-0.1, -0.05) is 31.3 Å². The van der Waals surface area contributed by atoms with E-state index in [-0.39, 0.29) is 6.04 Å². The number of nitrogens with two attached hydrogens (primary N) is 1. The molecule has 3 N–H and O–H groups in total. The number of oxime groups is 1. The van der Waals surface area contributed by atoms with Crippen molar-refractivity contribution in [3.8, 4) is 0 Å². The van der Waals surface area contributed by atoms with E-state index in [0.29, 0.717) is 5.84 Å². The highest BCUT2D eigenvalue weighted by molar-refractivity contribution is 5.84. The first kappa shape index (κ1) is 15.6. The molecule has 3 unspecified atom stereocenters. The van der Waals surface area contributed by atoms with Gasteiger partial charge < -0.3 is 10.9 Å². The van der Waals surface area contributed by atoms with E-state index in [0.717, 1.165) is 38.1 Å². The average molecular weight is 282 g/mol. The Hall–Kier alpha value is -0.810. The topological polar surface area (TPSA) is 65.1 Å². The van der Waals surface area contributed by atoms with Gasteiger partial charge in [0.25, 0.3) is 0 Å². The molecule has 20 heavy (non-hydrogen) atoms. The Morgan fingerprint density at radius 1 is 1.30 bits per heavy atom. The van der Waals surface area contributed by atoms with E-state index in [4.69, 9.17) is 10.9 Å². The molecule has 1 aliphatic heterocycles. The minimum Gasteiger partial charge on any atom is -0.409 e. The van der Waals surface area contributed by atoms with Gasteiger partial charge in [0.15, 0.2) is 5.84 Å². The Labute approximate surface area is 122 Å². The van der Waals surface area contributed by atoms with Crippen LogP contribution in [0.3, 0.4) is 0 Å². The van der Waals surface area contributed by atoms with Gasteiger partial charge in [-0.25, -0.2) is 0 Å². The van der Waals surface area contributed by atoms with Crippen molar-refractivity contribution < 1.29 is 5.21 Å². The summed E-state index contributed by atoms with van der Waals surface area (Å²) in [6.45, 7) is 8.60. The second-order valence-corrected chi connectivity index (χ2v) is 6.37. The highest BCUT2D eigenvalue weighted by atomic mass is 16.4. The van der Waals surface area contributed by atoms with E-state index in [2.05, 4.69) is 21.9 Å². The van der Waals surface area contributed by atoms with Crippen molar-refractivity contribution in [3.05, 3.63) is 0 Å². The van der Waals surface area contributed by atoms with Crippen LogP contribution in [0.1, 0.15) is 46.0 Å². The van der Waals surface area contributed by atoms with Crippen LogP contribution in [0.25, 0.3) is 0 Å². The molecule has 0 aromatic carbocycles. The van der Waals surface area contributed by atoms with Gasteiger partial charge in [0, 0.05) is 32.2 Å². The molecule has 3 atom stereocenters. The summed E-state index contributed by atoms with van der Waals surface area (Å²) in [4.78, 5) is 4.98.